The summed E-state index contributed by atoms with van der Waals surface area (Å²) in [6, 6.07) is 9.23. The van der Waals surface area contributed by atoms with Gasteiger partial charge in [-0.2, -0.15) is 0 Å². The Morgan fingerprint density at radius 2 is 2.00 bits per heavy atom. The third-order valence-electron chi connectivity index (χ3n) is 4.19. The van der Waals surface area contributed by atoms with E-state index in [1.807, 2.05) is 0 Å². The van der Waals surface area contributed by atoms with E-state index in [0.717, 1.165) is 39.0 Å². The zero-order valence-electron chi connectivity index (χ0n) is 12.1. The molecule has 1 atom stereocenters. The maximum absolute atomic E-state index is 6.32. The van der Waals surface area contributed by atoms with E-state index in [0.29, 0.717) is 6.04 Å². The van der Waals surface area contributed by atoms with Crippen LogP contribution in [0.1, 0.15) is 36.4 Å². The monoisotopic (exact) mass is 262 g/mol. The van der Waals surface area contributed by atoms with Gasteiger partial charge in [0.15, 0.2) is 0 Å². The highest BCUT2D eigenvalue weighted by molar-refractivity contribution is 5.28. The zero-order chi connectivity index (χ0) is 13.7. The van der Waals surface area contributed by atoms with Crippen LogP contribution in [0.3, 0.4) is 0 Å². The molecule has 0 saturated carbocycles. The van der Waals surface area contributed by atoms with E-state index in [1.54, 1.807) is 0 Å². The molecule has 19 heavy (non-hydrogen) atoms. The predicted octanol–water partition coefficient (Wildman–Crippen LogP) is 2.50. The van der Waals surface area contributed by atoms with Gasteiger partial charge < -0.3 is 15.4 Å². The molecular formula is C16H26N2O. The molecule has 0 aliphatic carbocycles. The lowest BCUT2D eigenvalue weighted by molar-refractivity contribution is 0.0422. The van der Waals surface area contributed by atoms with Crippen molar-refractivity contribution in [3.05, 3.63) is 35.4 Å². The number of aryl methyl sites for hydroxylation is 1. The van der Waals surface area contributed by atoms with Gasteiger partial charge in [-0.15, -0.1) is 0 Å². The van der Waals surface area contributed by atoms with Gasteiger partial charge in [0.1, 0.15) is 0 Å². The first-order valence-electron chi connectivity index (χ1n) is 7.27. The quantitative estimate of drug-likeness (QED) is 0.886. The minimum absolute atomic E-state index is 0.142. The van der Waals surface area contributed by atoms with E-state index >= 15 is 0 Å². The van der Waals surface area contributed by atoms with Crippen LogP contribution in [0.2, 0.25) is 0 Å². The second kappa shape index (κ2) is 7.04. The van der Waals surface area contributed by atoms with Crippen molar-refractivity contribution in [3.63, 3.8) is 0 Å². The molecule has 0 spiro atoms. The van der Waals surface area contributed by atoms with Gasteiger partial charge in [-0.05, 0) is 50.9 Å². The van der Waals surface area contributed by atoms with Crippen molar-refractivity contribution in [1.82, 2.24) is 4.90 Å². The highest BCUT2D eigenvalue weighted by Crippen LogP contribution is 2.20. The summed E-state index contributed by atoms with van der Waals surface area (Å²) in [5.41, 5.74) is 8.90. The Hall–Kier alpha value is -0.900. The molecule has 0 radical (unpaired) electrons. The Bertz CT molecular complexity index is 388. The van der Waals surface area contributed by atoms with Crippen LogP contribution in [0, 0.1) is 6.92 Å². The molecule has 2 rings (SSSR count). The molecule has 1 heterocycles. The molecule has 2 N–H and O–H groups in total. The van der Waals surface area contributed by atoms with Crippen molar-refractivity contribution in [2.75, 3.05) is 26.8 Å². The van der Waals surface area contributed by atoms with E-state index in [4.69, 9.17) is 10.5 Å². The van der Waals surface area contributed by atoms with Crippen molar-refractivity contribution in [2.45, 2.75) is 38.3 Å². The smallest absolute Gasteiger partial charge is 0.0480 e. The minimum atomic E-state index is 0.142. The summed E-state index contributed by atoms with van der Waals surface area (Å²) in [7, 11) is 2.21. The van der Waals surface area contributed by atoms with E-state index < -0.39 is 0 Å². The van der Waals surface area contributed by atoms with Crippen LogP contribution in [-0.4, -0.2) is 37.7 Å². The van der Waals surface area contributed by atoms with Crippen molar-refractivity contribution in [3.8, 4) is 0 Å². The third-order valence-corrected chi connectivity index (χ3v) is 4.19. The molecule has 1 unspecified atom stereocenters. The highest BCUT2D eigenvalue weighted by Gasteiger charge is 2.19. The molecule has 1 aromatic carbocycles. The molecule has 1 aromatic rings. The summed E-state index contributed by atoms with van der Waals surface area (Å²) >= 11 is 0. The van der Waals surface area contributed by atoms with E-state index in [-0.39, 0.29) is 6.04 Å². The molecule has 0 aromatic heterocycles. The van der Waals surface area contributed by atoms with Crippen LogP contribution >= 0.6 is 0 Å². The Morgan fingerprint density at radius 3 is 2.68 bits per heavy atom. The average molecular weight is 262 g/mol. The molecule has 1 aliphatic heterocycles. The second-order valence-electron chi connectivity index (χ2n) is 5.58. The van der Waals surface area contributed by atoms with Crippen molar-refractivity contribution >= 4 is 0 Å². The first kappa shape index (κ1) is 14.5. The number of benzene rings is 1. The van der Waals surface area contributed by atoms with Gasteiger partial charge in [-0.3, -0.25) is 0 Å². The summed E-state index contributed by atoms with van der Waals surface area (Å²) in [6.07, 6.45) is 3.31. The van der Waals surface area contributed by atoms with Gasteiger partial charge in [-0.25, -0.2) is 0 Å². The highest BCUT2D eigenvalue weighted by atomic mass is 16.5. The van der Waals surface area contributed by atoms with Crippen LogP contribution in [0.4, 0.5) is 0 Å². The average Bonchev–Trinajstić information content (AvgIpc) is 2.46. The lowest BCUT2D eigenvalue weighted by atomic mass is 9.99. The second-order valence-corrected chi connectivity index (χ2v) is 5.58. The Labute approximate surface area is 116 Å². The first-order valence-corrected chi connectivity index (χ1v) is 7.27. The van der Waals surface area contributed by atoms with Crippen molar-refractivity contribution in [2.24, 2.45) is 5.73 Å². The van der Waals surface area contributed by atoms with Crippen LogP contribution in [-0.2, 0) is 4.74 Å². The van der Waals surface area contributed by atoms with Crippen molar-refractivity contribution in [1.29, 1.82) is 0 Å². The first-order chi connectivity index (χ1) is 9.18. The number of nitrogens with two attached hydrogens (primary N) is 1. The zero-order valence-corrected chi connectivity index (χ0v) is 12.1. The number of hydrogen-bond donors (Lipinski definition) is 1. The molecule has 1 fully saturated rings. The molecule has 3 heteroatoms. The fraction of sp³-hybridized carbons (Fsp3) is 0.625. The Balaban J connectivity index is 1.82. The van der Waals surface area contributed by atoms with Gasteiger partial charge in [0.25, 0.3) is 0 Å². The molecule has 0 amide bonds. The van der Waals surface area contributed by atoms with Gasteiger partial charge >= 0.3 is 0 Å². The maximum Gasteiger partial charge on any atom is 0.0480 e. The van der Waals surface area contributed by atoms with Gasteiger partial charge in [0, 0.05) is 25.3 Å². The fourth-order valence-corrected chi connectivity index (χ4v) is 2.81. The molecular weight excluding hydrogens is 236 g/mol. The topological polar surface area (TPSA) is 38.5 Å². The van der Waals surface area contributed by atoms with Crippen molar-refractivity contribution < 1.29 is 4.74 Å². The van der Waals surface area contributed by atoms with Gasteiger partial charge in [-0.1, -0.05) is 24.3 Å². The Morgan fingerprint density at radius 1 is 1.32 bits per heavy atom. The number of hydrogen-bond acceptors (Lipinski definition) is 3. The number of rotatable bonds is 5. The summed E-state index contributed by atoms with van der Waals surface area (Å²) in [5.74, 6) is 0. The standard InChI is InChI=1S/C16H26N2O/c1-13-5-3-4-6-15(13)16(17)7-10-18(2)14-8-11-19-12-9-14/h3-6,14,16H,7-12,17H2,1-2H3. The van der Waals surface area contributed by atoms with Crippen LogP contribution in [0.5, 0.6) is 0 Å². The largest absolute Gasteiger partial charge is 0.381 e. The van der Waals surface area contributed by atoms with Gasteiger partial charge in [0.2, 0.25) is 0 Å². The van der Waals surface area contributed by atoms with Crippen LogP contribution in [0.25, 0.3) is 0 Å². The molecule has 106 valence electrons. The van der Waals surface area contributed by atoms with Crippen LogP contribution in [0.15, 0.2) is 24.3 Å². The molecule has 0 bridgehead atoms. The summed E-state index contributed by atoms with van der Waals surface area (Å²) in [4.78, 5) is 2.45. The minimum Gasteiger partial charge on any atom is -0.381 e. The van der Waals surface area contributed by atoms with E-state index in [1.165, 1.54) is 11.1 Å². The normalized spacial score (nSPS) is 18.7. The fourth-order valence-electron chi connectivity index (χ4n) is 2.81. The molecule has 1 saturated heterocycles. The number of nitrogens with zero attached hydrogens (tertiary/aromatic N) is 1. The molecule has 3 nitrogen and oxygen atoms in total. The molecule has 1 aliphatic rings. The maximum atomic E-state index is 6.32. The summed E-state index contributed by atoms with van der Waals surface area (Å²) in [5, 5.41) is 0. The number of ether oxygens (including phenoxy) is 1. The predicted molar refractivity (Wildman–Crippen MR) is 79.2 cm³/mol. The van der Waals surface area contributed by atoms with Crippen LogP contribution < -0.4 is 5.73 Å². The SMILES string of the molecule is Cc1ccccc1C(N)CCN(C)C1CCOCC1. The van der Waals surface area contributed by atoms with E-state index in [9.17, 15) is 0 Å². The Kier molecular flexibility index (Phi) is 5.37. The third kappa shape index (κ3) is 4.03. The lowest BCUT2D eigenvalue weighted by Crippen LogP contribution is -2.38. The summed E-state index contributed by atoms with van der Waals surface area (Å²) < 4.78 is 5.41. The van der Waals surface area contributed by atoms with E-state index in [2.05, 4.69) is 43.1 Å². The lowest BCUT2D eigenvalue weighted by Gasteiger charge is -2.31. The summed E-state index contributed by atoms with van der Waals surface area (Å²) in [6.45, 7) is 5.00. The van der Waals surface area contributed by atoms with Gasteiger partial charge in [0.05, 0.1) is 0 Å².